The van der Waals surface area contributed by atoms with Gasteiger partial charge in [0.2, 0.25) is 0 Å². The first-order chi connectivity index (χ1) is 8.06. The van der Waals surface area contributed by atoms with Gasteiger partial charge in [-0.05, 0) is 12.1 Å². The van der Waals surface area contributed by atoms with E-state index >= 15 is 0 Å². The molecule has 0 aliphatic heterocycles. The van der Waals surface area contributed by atoms with E-state index in [1.54, 1.807) is 0 Å². The van der Waals surface area contributed by atoms with E-state index in [1.807, 2.05) is 0 Å². The summed E-state index contributed by atoms with van der Waals surface area (Å²) in [7, 11) is 1.51. The first kappa shape index (κ1) is 12.9. The Morgan fingerprint density at radius 2 is 2.29 bits per heavy atom. The van der Waals surface area contributed by atoms with Crippen LogP contribution in [-0.4, -0.2) is 31.1 Å². The molecule has 3 N–H and O–H groups in total. The molecule has 0 saturated heterocycles. The fourth-order valence-electron chi connectivity index (χ4n) is 1.21. The molecular weight excluding hydrogens is 226 g/mol. The van der Waals surface area contributed by atoms with Gasteiger partial charge in [0, 0.05) is 25.3 Å². The van der Waals surface area contributed by atoms with E-state index in [0.29, 0.717) is 13.2 Å². The third-order valence-corrected chi connectivity index (χ3v) is 2.08. The van der Waals surface area contributed by atoms with Crippen LogP contribution in [0, 0.1) is 10.1 Å². The predicted molar refractivity (Wildman–Crippen MR) is 61.7 cm³/mol. The summed E-state index contributed by atoms with van der Waals surface area (Å²) in [6.45, 7) is 0.719. The van der Waals surface area contributed by atoms with Crippen molar-refractivity contribution in [2.45, 2.75) is 0 Å². The van der Waals surface area contributed by atoms with Crippen molar-refractivity contribution in [1.82, 2.24) is 5.32 Å². The minimum Gasteiger partial charge on any atom is -0.393 e. The molecule has 7 heteroatoms. The Morgan fingerprint density at radius 1 is 1.59 bits per heavy atom. The minimum atomic E-state index is -0.624. The van der Waals surface area contributed by atoms with E-state index in [0.717, 1.165) is 6.07 Å². The van der Waals surface area contributed by atoms with Crippen molar-refractivity contribution in [1.29, 1.82) is 0 Å². The molecule has 0 spiro atoms. The van der Waals surface area contributed by atoms with Gasteiger partial charge in [-0.1, -0.05) is 0 Å². The van der Waals surface area contributed by atoms with Gasteiger partial charge in [0.05, 0.1) is 11.5 Å². The third-order valence-electron chi connectivity index (χ3n) is 2.08. The minimum absolute atomic E-state index is 0.0310. The average Bonchev–Trinajstić information content (AvgIpc) is 2.29. The summed E-state index contributed by atoms with van der Waals surface area (Å²) in [5.74, 6) is -0.398. The van der Waals surface area contributed by atoms with Crippen LogP contribution in [0.2, 0.25) is 0 Å². The van der Waals surface area contributed by atoms with Gasteiger partial charge in [-0.2, -0.15) is 0 Å². The maximum atomic E-state index is 11.6. The van der Waals surface area contributed by atoms with Gasteiger partial charge in [0.25, 0.3) is 11.6 Å². The smallest absolute Gasteiger partial charge is 0.292 e. The third kappa shape index (κ3) is 3.42. The topological polar surface area (TPSA) is 107 Å². The van der Waals surface area contributed by atoms with Crippen LogP contribution >= 0.6 is 0 Å². The first-order valence-corrected chi connectivity index (χ1v) is 4.87. The van der Waals surface area contributed by atoms with Gasteiger partial charge in [-0.3, -0.25) is 14.9 Å². The number of nitrogen functional groups attached to an aromatic ring is 1. The van der Waals surface area contributed by atoms with Crippen LogP contribution in [0.1, 0.15) is 10.4 Å². The Morgan fingerprint density at radius 3 is 2.88 bits per heavy atom. The van der Waals surface area contributed by atoms with E-state index in [2.05, 4.69) is 5.32 Å². The van der Waals surface area contributed by atoms with Crippen molar-refractivity contribution < 1.29 is 14.5 Å². The molecule has 0 saturated carbocycles. The molecule has 1 aromatic rings. The number of ether oxygens (including phenoxy) is 1. The predicted octanol–water partition coefficient (Wildman–Crippen LogP) is 0.553. The molecule has 0 fully saturated rings. The summed E-state index contributed by atoms with van der Waals surface area (Å²) in [5.41, 5.74) is 5.37. The van der Waals surface area contributed by atoms with Crippen LogP contribution in [0.5, 0.6) is 0 Å². The van der Waals surface area contributed by atoms with Crippen LogP contribution < -0.4 is 11.1 Å². The lowest BCUT2D eigenvalue weighted by atomic mass is 10.1. The Hall–Kier alpha value is -2.15. The number of hydrogen-bond donors (Lipinski definition) is 2. The van der Waals surface area contributed by atoms with Gasteiger partial charge in [0.1, 0.15) is 5.69 Å². The number of methoxy groups -OCH3 is 1. The zero-order chi connectivity index (χ0) is 12.8. The highest BCUT2D eigenvalue weighted by Gasteiger charge is 2.15. The second-order valence-electron chi connectivity index (χ2n) is 3.28. The van der Waals surface area contributed by atoms with Crippen molar-refractivity contribution in [3.63, 3.8) is 0 Å². The lowest BCUT2D eigenvalue weighted by Crippen LogP contribution is -2.26. The Balaban J connectivity index is 2.81. The fraction of sp³-hybridized carbons (Fsp3) is 0.300. The van der Waals surface area contributed by atoms with Gasteiger partial charge in [-0.25, -0.2) is 0 Å². The molecule has 0 bridgehead atoms. The van der Waals surface area contributed by atoms with Crippen molar-refractivity contribution in [2.75, 3.05) is 26.0 Å². The molecule has 92 valence electrons. The lowest BCUT2D eigenvalue weighted by molar-refractivity contribution is -0.383. The number of carbonyl (C=O) groups excluding carboxylic acids is 1. The van der Waals surface area contributed by atoms with Crippen molar-refractivity contribution >= 4 is 17.3 Å². The van der Waals surface area contributed by atoms with Gasteiger partial charge in [0.15, 0.2) is 0 Å². The highest BCUT2D eigenvalue weighted by atomic mass is 16.6. The number of amides is 1. The number of rotatable bonds is 5. The summed E-state index contributed by atoms with van der Waals surface area (Å²) in [4.78, 5) is 21.6. The van der Waals surface area contributed by atoms with Gasteiger partial charge >= 0.3 is 0 Å². The molecular formula is C10H13N3O4. The van der Waals surface area contributed by atoms with Crippen LogP contribution in [0.4, 0.5) is 11.4 Å². The molecule has 0 radical (unpaired) electrons. The number of nitrogens with zero attached hydrogens (tertiary/aromatic N) is 1. The zero-order valence-electron chi connectivity index (χ0n) is 9.30. The number of nitrogens with one attached hydrogen (secondary N) is 1. The summed E-state index contributed by atoms with van der Waals surface area (Å²) >= 11 is 0. The maximum absolute atomic E-state index is 11.6. The lowest BCUT2D eigenvalue weighted by Gasteiger charge is -2.05. The number of hydrogen-bond acceptors (Lipinski definition) is 5. The number of benzene rings is 1. The van der Waals surface area contributed by atoms with E-state index in [9.17, 15) is 14.9 Å². The fourth-order valence-corrected chi connectivity index (χ4v) is 1.21. The number of carbonyl (C=O) groups is 1. The molecule has 1 rings (SSSR count). The normalized spacial score (nSPS) is 9.94. The van der Waals surface area contributed by atoms with E-state index in [-0.39, 0.29) is 16.9 Å². The number of nitro groups is 1. The Bertz CT molecular complexity index is 434. The molecule has 1 aromatic carbocycles. The van der Waals surface area contributed by atoms with E-state index in [4.69, 9.17) is 10.5 Å². The summed E-state index contributed by atoms with van der Waals surface area (Å²) in [6.07, 6.45) is 0. The number of anilines is 1. The largest absolute Gasteiger partial charge is 0.393 e. The van der Waals surface area contributed by atoms with Crippen molar-refractivity contribution in [3.8, 4) is 0 Å². The molecule has 0 aliphatic rings. The highest BCUT2D eigenvalue weighted by Crippen LogP contribution is 2.22. The molecule has 0 atom stereocenters. The number of nitro benzene ring substituents is 1. The SMILES string of the molecule is COCCNC(=O)c1ccc(N)c([N+](=O)[O-])c1. The van der Waals surface area contributed by atoms with Crippen molar-refractivity contribution in [3.05, 3.63) is 33.9 Å². The molecule has 0 unspecified atom stereocenters. The summed E-state index contributed by atoms with van der Waals surface area (Å²) in [5, 5.41) is 13.2. The zero-order valence-corrected chi connectivity index (χ0v) is 9.30. The second kappa shape index (κ2) is 5.80. The molecule has 1 amide bonds. The second-order valence-corrected chi connectivity index (χ2v) is 3.28. The van der Waals surface area contributed by atoms with E-state index < -0.39 is 10.8 Å². The maximum Gasteiger partial charge on any atom is 0.292 e. The van der Waals surface area contributed by atoms with Gasteiger partial charge < -0.3 is 15.8 Å². The van der Waals surface area contributed by atoms with Crippen LogP contribution in [0.3, 0.4) is 0 Å². The van der Waals surface area contributed by atoms with Crippen LogP contribution in [0.25, 0.3) is 0 Å². The molecule has 0 aromatic heterocycles. The van der Waals surface area contributed by atoms with Crippen LogP contribution in [0.15, 0.2) is 18.2 Å². The molecule has 7 nitrogen and oxygen atoms in total. The van der Waals surface area contributed by atoms with Crippen LogP contribution in [-0.2, 0) is 4.74 Å². The quantitative estimate of drug-likeness (QED) is 0.337. The van der Waals surface area contributed by atoms with Crippen molar-refractivity contribution in [2.24, 2.45) is 0 Å². The Labute approximate surface area is 97.7 Å². The standard InChI is InChI=1S/C10H13N3O4/c1-17-5-4-12-10(14)7-2-3-8(11)9(6-7)13(15)16/h2-3,6H,4-5,11H2,1H3,(H,12,14). The molecule has 0 aliphatic carbocycles. The highest BCUT2D eigenvalue weighted by molar-refractivity contribution is 5.95. The Kier molecular flexibility index (Phi) is 4.41. The molecule has 0 heterocycles. The monoisotopic (exact) mass is 239 g/mol. The van der Waals surface area contributed by atoms with E-state index in [1.165, 1.54) is 19.2 Å². The van der Waals surface area contributed by atoms with Gasteiger partial charge in [-0.15, -0.1) is 0 Å². The average molecular weight is 239 g/mol. The summed E-state index contributed by atoms with van der Waals surface area (Å²) in [6, 6.07) is 3.92. The summed E-state index contributed by atoms with van der Waals surface area (Å²) < 4.78 is 4.77. The molecule has 17 heavy (non-hydrogen) atoms. The first-order valence-electron chi connectivity index (χ1n) is 4.87. The number of nitrogens with two attached hydrogens (primary N) is 1.